The van der Waals surface area contributed by atoms with Crippen LogP contribution in [0.15, 0.2) is 16.7 Å². The van der Waals surface area contributed by atoms with Gasteiger partial charge in [-0.2, -0.15) is 4.98 Å². The molecule has 0 aliphatic rings. The van der Waals surface area contributed by atoms with Gasteiger partial charge in [0.05, 0.1) is 6.04 Å². The van der Waals surface area contributed by atoms with Crippen molar-refractivity contribution >= 4 is 0 Å². The molecule has 2 rings (SSSR count). The van der Waals surface area contributed by atoms with Gasteiger partial charge in [-0.15, -0.1) is 0 Å². The highest BCUT2D eigenvalue weighted by Crippen LogP contribution is 2.28. The second kappa shape index (κ2) is 5.63. The molecule has 0 bridgehead atoms. The predicted molar refractivity (Wildman–Crippen MR) is 77.3 cm³/mol. The molecule has 108 valence electrons. The summed E-state index contributed by atoms with van der Waals surface area (Å²) in [5, 5.41) is 13.8. The Kier molecular flexibility index (Phi) is 4.09. The van der Waals surface area contributed by atoms with Gasteiger partial charge in [-0.1, -0.05) is 19.0 Å². The second-order valence-corrected chi connectivity index (χ2v) is 5.65. The standard InChI is InChI=1S/C15H21N3O2/c1-8(2)5-12(16)15-17-14(18-20-15)11-6-9(3)13(19)10(4)7-11/h6-8,12,19H,5,16H2,1-4H3. The van der Waals surface area contributed by atoms with Crippen LogP contribution in [0.4, 0.5) is 0 Å². The third-order valence-electron chi connectivity index (χ3n) is 3.23. The average molecular weight is 275 g/mol. The number of aryl methyl sites for hydroxylation is 2. The van der Waals surface area contributed by atoms with Crippen LogP contribution in [-0.4, -0.2) is 15.2 Å². The number of hydrogen-bond acceptors (Lipinski definition) is 5. The summed E-state index contributed by atoms with van der Waals surface area (Å²) in [6.07, 6.45) is 0.801. The van der Waals surface area contributed by atoms with Crippen LogP contribution in [0.2, 0.25) is 0 Å². The number of benzene rings is 1. The van der Waals surface area contributed by atoms with E-state index in [4.69, 9.17) is 10.3 Å². The summed E-state index contributed by atoms with van der Waals surface area (Å²) in [6, 6.07) is 3.44. The molecule has 1 heterocycles. The smallest absolute Gasteiger partial charge is 0.243 e. The lowest BCUT2D eigenvalue weighted by molar-refractivity contribution is 0.335. The third-order valence-corrected chi connectivity index (χ3v) is 3.23. The SMILES string of the molecule is Cc1cc(-c2noc(C(N)CC(C)C)n2)cc(C)c1O. The van der Waals surface area contributed by atoms with E-state index in [0.29, 0.717) is 23.4 Å². The molecule has 5 nitrogen and oxygen atoms in total. The molecule has 0 fully saturated rings. The first-order chi connectivity index (χ1) is 9.38. The highest BCUT2D eigenvalue weighted by Gasteiger charge is 2.17. The lowest BCUT2D eigenvalue weighted by Gasteiger charge is -2.08. The molecule has 0 saturated heterocycles. The van der Waals surface area contributed by atoms with E-state index >= 15 is 0 Å². The molecular formula is C15H21N3O2. The minimum Gasteiger partial charge on any atom is -0.507 e. The fourth-order valence-corrected chi connectivity index (χ4v) is 2.20. The van der Waals surface area contributed by atoms with Gasteiger partial charge in [0.25, 0.3) is 0 Å². The topological polar surface area (TPSA) is 85.2 Å². The van der Waals surface area contributed by atoms with Crippen LogP contribution in [-0.2, 0) is 0 Å². The molecule has 1 unspecified atom stereocenters. The Morgan fingerprint density at radius 3 is 2.40 bits per heavy atom. The lowest BCUT2D eigenvalue weighted by Crippen LogP contribution is -2.13. The highest BCUT2D eigenvalue weighted by atomic mass is 16.5. The molecule has 0 radical (unpaired) electrons. The van der Waals surface area contributed by atoms with Gasteiger partial charge < -0.3 is 15.4 Å². The Morgan fingerprint density at radius 1 is 1.25 bits per heavy atom. The van der Waals surface area contributed by atoms with Crippen molar-refractivity contribution in [2.45, 2.75) is 40.2 Å². The van der Waals surface area contributed by atoms with Crippen molar-refractivity contribution in [1.29, 1.82) is 0 Å². The molecule has 1 atom stereocenters. The summed E-state index contributed by atoms with van der Waals surface area (Å²) in [5.74, 6) is 1.73. The van der Waals surface area contributed by atoms with Crippen LogP contribution < -0.4 is 5.73 Å². The number of phenols is 1. The zero-order valence-corrected chi connectivity index (χ0v) is 12.3. The van der Waals surface area contributed by atoms with E-state index in [0.717, 1.165) is 23.1 Å². The van der Waals surface area contributed by atoms with Crippen LogP contribution in [0.25, 0.3) is 11.4 Å². The number of rotatable bonds is 4. The molecule has 20 heavy (non-hydrogen) atoms. The maximum Gasteiger partial charge on any atom is 0.243 e. The van der Waals surface area contributed by atoms with Crippen molar-refractivity contribution in [2.75, 3.05) is 0 Å². The van der Waals surface area contributed by atoms with E-state index in [1.54, 1.807) is 0 Å². The summed E-state index contributed by atoms with van der Waals surface area (Å²) < 4.78 is 5.24. The average Bonchev–Trinajstić information content (AvgIpc) is 2.84. The maximum atomic E-state index is 9.79. The number of nitrogens with two attached hydrogens (primary N) is 1. The van der Waals surface area contributed by atoms with Crippen LogP contribution in [0.5, 0.6) is 5.75 Å². The molecule has 3 N–H and O–H groups in total. The van der Waals surface area contributed by atoms with Gasteiger partial charge in [0.2, 0.25) is 11.7 Å². The summed E-state index contributed by atoms with van der Waals surface area (Å²) >= 11 is 0. The second-order valence-electron chi connectivity index (χ2n) is 5.65. The molecule has 0 spiro atoms. The van der Waals surface area contributed by atoms with Gasteiger partial charge in [-0.3, -0.25) is 0 Å². The molecule has 0 amide bonds. The van der Waals surface area contributed by atoms with Crippen LogP contribution >= 0.6 is 0 Å². The molecule has 0 saturated carbocycles. The maximum absolute atomic E-state index is 9.79. The fourth-order valence-electron chi connectivity index (χ4n) is 2.20. The van der Waals surface area contributed by atoms with Gasteiger partial charge in [0.1, 0.15) is 5.75 Å². The first-order valence-corrected chi connectivity index (χ1v) is 6.78. The number of phenolic OH excluding ortho intramolecular Hbond substituents is 1. The van der Waals surface area contributed by atoms with Crippen LogP contribution in [0.3, 0.4) is 0 Å². The Balaban J connectivity index is 2.29. The summed E-state index contributed by atoms with van der Waals surface area (Å²) in [5.41, 5.74) is 8.44. The van der Waals surface area contributed by atoms with Gasteiger partial charge in [0, 0.05) is 5.56 Å². The number of nitrogens with zero attached hydrogens (tertiary/aromatic N) is 2. The van der Waals surface area contributed by atoms with Gasteiger partial charge in [-0.05, 0) is 49.4 Å². The molecular weight excluding hydrogens is 254 g/mol. The van der Waals surface area contributed by atoms with Gasteiger partial charge in [-0.25, -0.2) is 0 Å². The Bertz CT molecular complexity index is 582. The zero-order chi connectivity index (χ0) is 14.9. The van der Waals surface area contributed by atoms with Crippen molar-refractivity contribution in [3.63, 3.8) is 0 Å². The Hall–Kier alpha value is -1.88. The minimum absolute atomic E-state index is 0.240. The quantitative estimate of drug-likeness (QED) is 0.895. The van der Waals surface area contributed by atoms with Crippen molar-refractivity contribution in [3.05, 3.63) is 29.2 Å². The summed E-state index contributed by atoms with van der Waals surface area (Å²) in [6.45, 7) is 7.89. The lowest BCUT2D eigenvalue weighted by atomic mass is 10.0. The number of aromatic hydroxyl groups is 1. The number of aromatic nitrogens is 2. The molecule has 5 heteroatoms. The summed E-state index contributed by atoms with van der Waals surface area (Å²) in [4.78, 5) is 4.36. The normalized spacial score (nSPS) is 12.9. The first-order valence-electron chi connectivity index (χ1n) is 6.78. The van der Waals surface area contributed by atoms with Crippen LogP contribution in [0.1, 0.15) is 43.3 Å². The van der Waals surface area contributed by atoms with Crippen molar-refractivity contribution in [3.8, 4) is 17.1 Å². The number of hydrogen-bond donors (Lipinski definition) is 2. The van der Waals surface area contributed by atoms with Gasteiger partial charge in [0.15, 0.2) is 0 Å². The largest absolute Gasteiger partial charge is 0.507 e. The fraction of sp³-hybridized carbons (Fsp3) is 0.467. The van der Waals surface area contributed by atoms with E-state index in [9.17, 15) is 5.11 Å². The van der Waals surface area contributed by atoms with E-state index in [1.165, 1.54) is 0 Å². The van der Waals surface area contributed by atoms with E-state index < -0.39 is 0 Å². The molecule has 2 aromatic rings. The molecule has 0 aliphatic heterocycles. The van der Waals surface area contributed by atoms with Crippen molar-refractivity contribution in [1.82, 2.24) is 10.1 Å². The molecule has 1 aromatic carbocycles. The third kappa shape index (κ3) is 2.99. The molecule has 0 aliphatic carbocycles. The Morgan fingerprint density at radius 2 is 1.85 bits per heavy atom. The minimum atomic E-state index is -0.240. The summed E-state index contributed by atoms with van der Waals surface area (Å²) in [7, 11) is 0. The van der Waals surface area contributed by atoms with E-state index in [1.807, 2.05) is 26.0 Å². The monoisotopic (exact) mass is 275 g/mol. The van der Waals surface area contributed by atoms with E-state index in [2.05, 4.69) is 24.0 Å². The molecule has 1 aromatic heterocycles. The zero-order valence-electron chi connectivity index (χ0n) is 12.3. The van der Waals surface area contributed by atoms with Crippen LogP contribution in [0, 0.1) is 19.8 Å². The van der Waals surface area contributed by atoms with Crippen molar-refractivity contribution < 1.29 is 9.63 Å². The van der Waals surface area contributed by atoms with E-state index in [-0.39, 0.29) is 6.04 Å². The van der Waals surface area contributed by atoms with Crippen molar-refractivity contribution in [2.24, 2.45) is 11.7 Å². The highest BCUT2D eigenvalue weighted by molar-refractivity contribution is 5.60. The predicted octanol–water partition coefficient (Wildman–Crippen LogP) is 3.10. The Labute approximate surface area is 118 Å². The van der Waals surface area contributed by atoms with Gasteiger partial charge >= 0.3 is 0 Å². The first kappa shape index (κ1) is 14.5.